The first-order valence-corrected chi connectivity index (χ1v) is 9.91. The highest BCUT2D eigenvalue weighted by Gasteiger charge is 2.14. The molecule has 0 saturated carbocycles. The van der Waals surface area contributed by atoms with E-state index in [4.69, 9.17) is 14.2 Å². The number of aromatic nitrogens is 2. The fourth-order valence-corrected chi connectivity index (χ4v) is 3.16. The molecule has 8 nitrogen and oxygen atoms in total. The molecule has 0 unspecified atom stereocenters. The minimum atomic E-state index is -0.229. The first kappa shape index (κ1) is 20.7. The van der Waals surface area contributed by atoms with Crippen LogP contribution in [0.25, 0.3) is 0 Å². The van der Waals surface area contributed by atoms with Gasteiger partial charge in [0, 0.05) is 19.2 Å². The van der Waals surface area contributed by atoms with Crippen LogP contribution in [-0.4, -0.2) is 55.8 Å². The number of piperidine rings is 1. The topological polar surface area (TPSA) is 85.8 Å². The summed E-state index contributed by atoms with van der Waals surface area (Å²) in [7, 11) is 1.56. The summed E-state index contributed by atoms with van der Waals surface area (Å²) in [5.74, 6) is 3.00. The molecule has 1 amide bonds. The maximum absolute atomic E-state index is 12.0. The number of nitrogens with zero attached hydrogens (tertiary/aromatic N) is 3. The summed E-state index contributed by atoms with van der Waals surface area (Å²) in [4.78, 5) is 23.1. The van der Waals surface area contributed by atoms with Crippen LogP contribution in [0, 0.1) is 6.92 Å². The summed E-state index contributed by atoms with van der Waals surface area (Å²) in [5, 5.41) is 2.77. The van der Waals surface area contributed by atoms with E-state index in [0.29, 0.717) is 36.4 Å². The molecule has 0 aliphatic carbocycles. The zero-order valence-electron chi connectivity index (χ0n) is 17.0. The largest absolute Gasteiger partial charge is 0.493 e. The Morgan fingerprint density at radius 1 is 1.10 bits per heavy atom. The van der Waals surface area contributed by atoms with Gasteiger partial charge in [-0.25, -0.2) is 4.98 Å². The lowest BCUT2D eigenvalue weighted by molar-refractivity contribution is -0.123. The van der Waals surface area contributed by atoms with Crippen molar-refractivity contribution < 1.29 is 19.0 Å². The fourth-order valence-electron chi connectivity index (χ4n) is 3.16. The Balaban J connectivity index is 1.42. The van der Waals surface area contributed by atoms with Crippen molar-refractivity contribution in [2.24, 2.45) is 0 Å². The van der Waals surface area contributed by atoms with E-state index in [-0.39, 0.29) is 12.5 Å². The average molecular weight is 400 g/mol. The van der Waals surface area contributed by atoms with Crippen molar-refractivity contribution in [3.63, 3.8) is 0 Å². The number of methoxy groups -OCH3 is 1. The van der Waals surface area contributed by atoms with E-state index < -0.39 is 0 Å². The van der Waals surface area contributed by atoms with Gasteiger partial charge in [0.1, 0.15) is 18.2 Å². The molecule has 0 atom stereocenters. The highest BCUT2D eigenvalue weighted by atomic mass is 16.5. The lowest BCUT2D eigenvalue weighted by Gasteiger charge is -2.28. The molecule has 29 heavy (non-hydrogen) atoms. The minimum absolute atomic E-state index is 0.0912. The van der Waals surface area contributed by atoms with Gasteiger partial charge in [0.2, 0.25) is 5.88 Å². The van der Waals surface area contributed by atoms with E-state index in [1.54, 1.807) is 19.2 Å². The molecule has 1 aliphatic heterocycles. The zero-order valence-corrected chi connectivity index (χ0v) is 17.0. The van der Waals surface area contributed by atoms with E-state index in [9.17, 15) is 4.79 Å². The van der Waals surface area contributed by atoms with Crippen molar-refractivity contribution in [2.45, 2.75) is 26.2 Å². The van der Waals surface area contributed by atoms with Crippen LogP contribution in [0.15, 0.2) is 30.3 Å². The lowest BCUT2D eigenvalue weighted by Crippen LogP contribution is -2.32. The summed E-state index contributed by atoms with van der Waals surface area (Å²) in [6.07, 6.45) is 3.63. The molecule has 1 aromatic heterocycles. The SMILES string of the molecule is COc1ccccc1OCC(=O)NCCOc1cc(N2CCCCC2)nc(C)n1. The number of hydrogen-bond acceptors (Lipinski definition) is 7. The summed E-state index contributed by atoms with van der Waals surface area (Å²) < 4.78 is 16.4. The quantitative estimate of drug-likeness (QED) is 0.647. The Morgan fingerprint density at radius 2 is 1.86 bits per heavy atom. The molecular formula is C21H28N4O4. The fraction of sp³-hybridized carbons (Fsp3) is 0.476. The van der Waals surface area contributed by atoms with Crippen molar-refractivity contribution in [3.05, 3.63) is 36.2 Å². The van der Waals surface area contributed by atoms with Crippen molar-refractivity contribution in [3.8, 4) is 17.4 Å². The van der Waals surface area contributed by atoms with E-state index in [1.807, 2.05) is 25.1 Å². The number of carbonyl (C=O) groups is 1. The number of ether oxygens (including phenoxy) is 3. The third-order valence-electron chi connectivity index (χ3n) is 4.58. The van der Waals surface area contributed by atoms with Gasteiger partial charge in [-0.1, -0.05) is 12.1 Å². The molecule has 3 rings (SSSR count). The van der Waals surface area contributed by atoms with Crippen LogP contribution in [0.1, 0.15) is 25.1 Å². The number of para-hydroxylation sites is 2. The highest BCUT2D eigenvalue weighted by molar-refractivity contribution is 5.77. The lowest BCUT2D eigenvalue weighted by atomic mass is 10.1. The number of aryl methyl sites for hydroxylation is 1. The Morgan fingerprint density at radius 3 is 2.62 bits per heavy atom. The summed E-state index contributed by atoms with van der Waals surface area (Å²) in [5.41, 5.74) is 0. The van der Waals surface area contributed by atoms with Crippen LogP contribution < -0.4 is 24.4 Å². The standard InChI is InChI=1S/C21H28N4O4/c1-16-23-19(25-11-6-3-7-12-25)14-21(24-16)28-13-10-22-20(26)15-29-18-9-5-4-8-17(18)27-2/h4-5,8-9,14H,3,6-7,10-13,15H2,1-2H3,(H,22,26). The summed E-state index contributed by atoms with van der Waals surface area (Å²) in [6.45, 7) is 4.46. The highest BCUT2D eigenvalue weighted by Crippen LogP contribution is 2.25. The predicted octanol–water partition coefficient (Wildman–Crippen LogP) is 2.36. The number of hydrogen-bond donors (Lipinski definition) is 1. The van der Waals surface area contributed by atoms with E-state index in [2.05, 4.69) is 20.2 Å². The normalized spacial score (nSPS) is 13.7. The van der Waals surface area contributed by atoms with Crippen LogP contribution in [0.3, 0.4) is 0 Å². The van der Waals surface area contributed by atoms with Gasteiger partial charge in [0.25, 0.3) is 5.91 Å². The van der Waals surface area contributed by atoms with Gasteiger partial charge in [0.15, 0.2) is 18.1 Å². The molecule has 1 N–H and O–H groups in total. The minimum Gasteiger partial charge on any atom is -0.493 e. The van der Waals surface area contributed by atoms with Gasteiger partial charge in [-0.3, -0.25) is 4.79 Å². The second kappa shape index (κ2) is 10.5. The van der Waals surface area contributed by atoms with Crippen LogP contribution in [0.4, 0.5) is 5.82 Å². The van der Waals surface area contributed by atoms with Gasteiger partial charge in [-0.15, -0.1) is 0 Å². The van der Waals surface area contributed by atoms with E-state index >= 15 is 0 Å². The third kappa shape index (κ3) is 6.23. The molecule has 8 heteroatoms. The Bertz CT molecular complexity index is 809. The van der Waals surface area contributed by atoms with Crippen LogP contribution in [0.2, 0.25) is 0 Å². The number of benzene rings is 1. The molecule has 0 bridgehead atoms. The molecule has 1 fully saturated rings. The number of carbonyl (C=O) groups excluding carboxylic acids is 1. The van der Waals surface area contributed by atoms with E-state index in [1.165, 1.54) is 19.3 Å². The van der Waals surface area contributed by atoms with Gasteiger partial charge in [0.05, 0.1) is 13.7 Å². The Hall–Kier alpha value is -3.03. The van der Waals surface area contributed by atoms with Gasteiger partial charge in [-0.05, 0) is 38.3 Å². The van der Waals surface area contributed by atoms with Crippen LogP contribution in [0.5, 0.6) is 17.4 Å². The monoisotopic (exact) mass is 400 g/mol. The summed E-state index contributed by atoms with van der Waals surface area (Å²) in [6, 6.07) is 9.07. The second-order valence-electron chi connectivity index (χ2n) is 6.80. The zero-order chi connectivity index (χ0) is 20.5. The van der Waals surface area contributed by atoms with Crippen molar-refractivity contribution >= 4 is 11.7 Å². The Kier molecular flexibility index (Phi) is 7.49. The number of rotatable bonds is 9. The molecule has 156 valence electrons. The Labute approximate surface area is 171 Å². The molecule has 0 radical (unpaired) electrons. The molecule has 1 aromatic carbocycles. The van der Waals surface area contributed by atoms with Crippen LogP contribution in [-0.2, 0) is 4.79 Å². The second-order valence-corrected chi connectivity index (χ2v) is 6.80. The molecule has 0 spiro atoms. The maximum atomic E-state index is 12.0. The van der Waals surface area contributed by atoms with Gasteiger partial charge < -0.3 is 24.4 Å². The van der Waals surface area contributed by atoms with Crippen molar-refractivity contribution in [1.29, 1.82) is 0 Å². The smallest absolute Gasteiger partial charge is 0.258 e. The van der Waals surface area contributed by atoms with E-state index in [0.717, 1.165) is 18.9 Å². The van der Waals surface area contributed by atoms with Crippen molar-refractivity contribution in [2.75, 3.05) is 44.9 Å². The van der Waals surface area contributed by atoms with Crippen molar-refractivity contribution in [1.82, 2.24) is 15.3 Å². The van der Waals surface area contributed by atoms with Crippen LogP contribution >= 0.6 is 0 Å². The number of amides is 1. The first-order chi connectivity index (χ1) is 14.2. The van der Waals surface area contributed by atoms with Gasteiger partial charge >= 0.3 is 0 Å². The number of nitrogens with one attached hydrogen (secondary N) is 1. The van der Waals surface area contributed by atoms with Gasteiger partial charge in [-0.2, -0.15) is 4.98 Å². The molecule has 1 saturated heterocycles. The maximum Gasteiger partial charge on any atom is 0.258 e. The molecular weight excluding hydrogens is 372 g/mol. The first-order valence-electron chi connectivity index (χ1n) is 9.91. The third-order valence-corrected chi connectivity index (χ3v) is 4.58. The molecule has 2 aromatic rings. The number of anilines is 1. The summed E-state index contributed by atoms with van der Waals surface area (Å²) >= 11 is 0. The average Bonchev–Trinajstić information content (AvgIpc) is 2.75. The molecule has 2 heterocycles. The predicted molar refractivity (Wildman–Crippen MR) is 110 cm³/mol. The molecule has 1 aliphatic rings.